The zero-order valence-electron chi connectivity index (χ0n) is 12.5. The molecule has 0 aromatic carbocycles. The molecule has 1 heterocycles. The minimum atomic E-state index is -0.0894. The van der Waals surface area contributed by atoms with Crippen molar-refractivity contribution in [1.82, 2.24) is 10.2 Å². The van der Waals surface area contributed by atoms with Gasteiger partial charge in [-0.05, 0) is 45.1 Å². The molecule has 0 spiro atoms. The minimum absolute atomic E-state index is 0.0583. The van der Waals surface area contributed by atoms with E-state index in [1.54, 1.807) is 16.2 Å². The average molecular weight is 296 g/mol. The number of aryl methyl sites for hydroxylation is 1. The highest BCUT2D eigenvalue weighted by Crippen LogP contribution is 2.12. The van der Waals surface area contributed by atoms with Gasteiger partial charge in [0.15, 0.2) is 0 Å². The minimum Gasteiger partial charge on any atom is -0.352 e. The Morgan fingerprint density at radius 1 is 1.40 bits per heavy atom. The zero-order valence-corrected chi connectivity index (χ0v) is 13.3. The van der Waals surface area contributed by atoms with Crippen LogP contribution in [0.3, 0.4) is 0 Å². The van der Waals surface area contributed by atoms with E-state index >= 15 is 0 Å². The second-order valence-corrected chi connectivity index (χ2v) is 6.10. The fourth-order valence-corrected chi connectivity index (χ4v) is 2.70. The van der Waals surface area contributed by atoms with Crippen molar-refractivity contribution in [3.63, 3.8) is 0 Å². The van der Waals surface area contributed by atoms with E-state index in [1.807, 2.05) is 32.2 Å². The molecule has 0 bridgehead atoms. The van der Waals surface area contributed by atoms with Gasteiger partial charge in [-0.3, -0.25) is 9.59 Å². The SMILES string of the molecule is CCN(CC(=O)NC(C)C)C(=O)CCCc1cccs1. The first-order valence-corrected chi connectivity index (χ1v) is 8.00. The first-order chi connectivity index (χ1) is 9.52. The van der Waals surface area contributed by atoms with Crippen LogP contribution in [0.1, 0.15) is 38.5 Å². The molecule has 0 atom stereocenters. The van der Waals surface area contributed by atoms with Crippen LogP contribution in [0.15, 0.2) is 17.5 Å². The van der Waals surface area contributed by atoms with Crippen molar-refractivity contribution in [3.05, 3.63) is 22.4 Å². The summed E-state index contributed by atoms with van der Waals surface area (Å²) in [4.78, 5) is 26.7. The molecule has 0 saturated carbocycles. The molecule has 5 heteroatoms. The molecular formula is C15H24N2O2S. The Balaban J connectivity index is 2.32. The van der Waals surface area contributed by atoms with E-state index in [-0.39, 0.29) is 24.4 Å². The van der Waals surface area contributed by atoms with Crippen LogP contribution >= 0.6 is 11.3 Å². The number of nitrogens with one attached hydrogen (secondary N) is 1. The van der Waals surface area contributed by atoms with Crippen molar-refractivity contribution in [1.29, 1.82) is 0 Å². The lowest BCUT2D eigenvalue weighted by Crippen LogP contribution is -2.42. The fraction of sp³-hybridized carbons (Fsp3) is 0.600. The Hall–Kier alpha value is -1.36. The van der Waals surface area contributed by atoms with Crippen molar-refractivity contribution in [3.8, 4) is 0 Å². The largest absolute Gasteiger partial charge is 0.352 e. The van der Waals surface area contributed by atoms with E-state index in [9.17, 15) is 9.59 Å². The van der Waals surface area contributed by atoms with Gasteiger partial charge in [0.1, 0.15) is 0 Å². The van der Waals surface area contributed by atoms with Gasteiger partial charge in [0.05, 0.1) is 6.54 Å². The first-order valence-electron chi connectivity index (χ1n) is 7.12. The Kier molecular flexibility index (Phi) is 7.30. The molecule has 0 saturated heterocycles. The maximum atomic E-state index is 12.1. The van der Waals surface area contributed by atoms with Crippen LogP contribution in [0.5, 0.6) is 0 Å². The Morgan fingerprint density at radius 3 is 2.70 bits per heavy atom. The summed E-state index contributed by atoms with van der Waals surface area (Å²) < 4.78 is 0. The number of rotatable bonds is 8. The van der Waals surface area contributed by atoms with Crippen molar-refractivity contribution in [2.24, 2.45) is 0 Å². The van der Waals surface area contributed by atoms with E-state index in [2.05, 4.69) is 11.4 Å². The third-order valence-electron chi connectivity index (χ3n) is 2.91. The molecule has 2 amide bonds. The summed E-state index contributed by atoms with van der Waals surface area (Å²) in [5, 5.41) is 4.86. The second kappa shape index (κ2) is 8.74. The predicted molar refractivity (Wildman–Crippen MR) is 82.8 cm³/mol. The van der Waals surface area contributed by atoms with Gasteiger partial charge >= 0.3 is 0 Å². The average Bonchev–Trinajstić information content (AvgIpc) is 2.88. The molecule has 0 unspecified atom stereocenters. The van der Waals surface area contributed by atoms with Crippen LogP contribution in [-0.2, 0) is 16.0 Å². The number of hydrogen-bond donors (Lipinski definition) is 1. The molecule has 1 N–H and O–H groups in total. The number of amides is 2. The number of likely N-dealkylation sites (N-methyl/N-ethyl adjacent to an activating group) is 1. The van der Waals surface area contributed by atoms with Crippen molar-refractivity contribution in [2.45, 2.75) is 46.1 Å². The molecule has 20 heavy (non-hydrogen) atoms. The van der Waals surface area contributed by atoms with Crippen LogP contribution in [0, 0.1) is 0 Å². The summed E-state index contributed by atoms with van der Waals surface area (Å²) in [5.74, 6) is -0.0311. The lowest BCUT2D eigenvalue weighted by atomic mass is 10.2. The zero-order chi connectivity index (χ0) is 15.0. The van der Waals surface area contributed by atoms with Crippen LogP contribution in [-0.4, -0.2) is 35.8 Å². The Morgan fingerprint density at radius 2 is 2.15 bits per heavy atom. The van der Waals surface area contributed by atoms with Crippen molar-refractivity contribution in [2.75, 3.05) is 13.1 Å². The van der Waals surface area contributed by atoms with E-state index in [0.29, 0.717) is 13.0 Å². The number of nitrogens with zero attached hydrogens (tertiary/aromatic N) is 1. The maximum absolute atomic E-state index is 12.1. The molecule has 1 aromatic heterocycles. The third kappa shape index (κ3) is 6.19. The summed E-state index contributed by atoms with van der Waals surface area (Å²) in [6, 6.07) is 4.22. The quantitative estimate of drug-likeness (QED) is 0.801. The summed E-state index contributed by atoms with van der Waals surface area (Å²) in [5.41, 5.74) is 0. The van der Waals surface area contributed by atoms with Gasteiger partial charge in [0.25, 0.3) is 0 Å². The topological polar surface area (TPSA) is 49.4 Å². The third-order valence-corrected chi connectivity index (χ3v) is 3.85. The Labute approximate surface area is 125 Å². The molecule has 0 fully saturated rings. The summed E-state index contributed by atoms with van der Waals surface area (Å²) >= 11 is 1.72. The van der Waals surface area contributed by atoms with Gasteiger partial charge in [-0.25, -0.2) is 0 Å². The van der Waals surface area contributed by atoms with E-state index in [1.165, 1.54) is 4.88 Å². The monoisotopic (exact) mass is 296 g/mol. The van der Waals surface area contributed by atoms with Crippen molar-refractivity contribution >= 4 is 23.2 Å². The van der Waals surface area contributed by atoms with Crippen LogP contribution in [0.25, 0.3) is 0 Å². The molecule has 1 aromatic rings. The molecule has 0 aliphatic carbocycles. The number of carbonyl (C=O) groups excluding carboxylic acids is 2. The lowest BCUT2D eigenvalue weighted by Gasteiger charge is -2.21. The van der Waals surface area contributed by atoms with Gasteiger partial charge in [0.2, 0.25) is 11.8 Å². The van der Waals surface area contributed by atoms with E-state index in [0.717, 1.165) is 12.8 Å². The van der Waals surface area contributed by atoms with E-state index in [4.69, 9.17) is 0 Å². The molecular weight excluding hydrogens is 272 g/mol. The number of hydrogen-bond acceptors (Lipinski definition) is 3. The van der Waals surface area contributed by atoms with Gasteiger partial charge in [-0.2, -0.15) is 0 Å². The highest BCUT2D eigenvalue weighted by atomic mass is 32.1. The van der Waals surface area contributed by atoms with Crippen molar-refractivity contribution < 1.29 is 9.59 Å². The van der Waals surface area contributed by atoms with Crippen LogP contribution < -0.4 is 5.32 Å². The molecule has 0 radical (unpaired) electrons. The fourth-order valence-electron chi connectivity index (χ4n) is 1.94. The van der Waals surface area contributed by atoms with Gasteiger partial charge in [-0.1, -0.05) is 6.07 Å². The number of thiophene rings is 1. The van der Waals surface area contributed by atoms with Gasteiger partial charge in [-0.15, -0.1) is 11.3 Å². The normalized spacial score (nSPS) is 10.6. The highest BCUT2D eigenvalue weighted by Gasteiger charge is 2.15. The molecule has 0 aliphatic heterocycles. The molecule has 4 nitrogen and oxygen atoms in total. The summed E-state index contributed by atoms with van der Waals surface area (Å²) in [6.07, 6.45) is 2.27. The molecule has 0 aliphatic rings. The van der Waals surface area contributed by atoms with Crippen LogP contribution in [0.4, 0.5) is 0 Å². The number of carbonyl (C=O) groups is 2. The summed E-state index contributed by atoms with van der Waals surface area (Å²) in [7, 11) is 0. The van der Waals surface area contributed by atoms with E-state index < -0.39 is 0 Å². The molecule has 1 rings (SSSR count). The first kappa shape index (κ1) is 16.7. The van der Waals surface area contributed by atoms with Gasteiger partial charge < -0.3 is 10.2 Å². The molecule has 112 valence electrons. The maximum Gasteiger partial charge on any atom is 0.239 e. The predicted octanol–water partition coefficient (Wildman–Crippen LogP) is 2.44. The van der Waals surface area contributed by atoms with Crippen LogP contribution in [0.2, 0.25) is 0 Å². The standard InChI is InChI=1S/C15H24N2O2S/c1-4-17(11-14(18)16-12(2)3)15(19)9-5-7-13-8-6-10-20-13/h6,8,10,12H,4-5,7,9,11H2,1-3H3,(H,16,18). The smallest absolute Gasteiger partial charge is 0.239 e. The Bertz CT molecular complexity index is 416. The lowest BCUT2D eigenvalue weighted by molar-refractivity contribution is -0.136. The summed E-state index contributed by atoms with van der Waals surface area (Å²) in [6.45, 7) is 6.46. The second-order valence-electron chi connectivity index (χ2n) is 5.06. The van der Waals surface area contributed by atoms with Gasteiger partial charge in [0, 0.05) is 23.9 Å². The highest BCUT2D eigenvalue weighted by molar-refractivity contribution is 7.09.